The van der Waals surface area contributed by atoms with Crippen molar-refractivity contribution in [3.05, 3.63) is 23.8 Å². The minimum absolute atomic E-state index is 0.0874. The predicted molar refractivity (Wildman–Crippen MR) is 77.7 cm³/mol. The Bertz CT molecular complexity index is 567. The number of ether oxygens (including phenoxy) is 4. The number of hydrogen-bond donors (Lipinski definition) is 1. The Morgan fingerprint density at radius 2 is 1.61 bits per heavy atom. The summed E-state index contributed by atoms with van der Waals surface area (Å²) < 4.78 is 19.2. The number of aliphatic carboxylic acids is 1. The van der Waals surface area contributed by atoms with Crippen LogP contribution in [0.25, 0.3) is 0 Å². The highest BCUT2D eigenvalue weighted by molar-refractivity contribution is 5.69. The van der Waals surface area contributed by atoms with Crippen molar-refractivity contribution in [1.29, 1.82) is 0 Å². The van der Waals surface area contributed by atoms with Crippen LogP contribution in [0.1, 0.15) is 25.8 Å². The average Bonchev–Trinajstić information content (AvgIpc) is 2.47. The lowest BCUT2D eigenvalue weighted by Crippen LogP contribution is -2.13. The lowest BCUT2D eigenvalue weighted by atomic mass is 10.1. The van der Waals surface area contributed by atoms with E-state index >= 15 is 0 Å². The lowest BCUT2D eigenvalue weighted by Gasteiger charge is -2.11. The van der Waals surface area contributed by atoms with Crippen molar-refractivity contribution in [2.24, 2.45) is 0 Å². The topological polar surface area (TPSA) is 108 Å². The third kappa shape index (κ3) is 6.68. The maximum Gasteiger partial charge on any atom is 0.513 e. The van der Waals surface area contributed by atoms with Crippen LogP contribution < -0.4 is 9.47 Å². The standard InChI is InChI=1S/C15H18O8/c1-3-20-14(18)22-11-6-7-12(23-15(19)21-4-2)10(9-11)5-8-13(16)17/h6-7,9H,3-5,8H2,1-2H3,(H,16,17). The highest BCUT2D eigenvalue weighted by atomic mass is 16.7. The van der Waals surface area contributed by atoms with Crippen LogP contribution in [0.15, 0.2) is 18.2 Å². The zero-order valence-corrected chi connectivity index (χ0v) is 12.9. The molecule has 0 saturated carbocycles. The predicted octanol–water partition coefficient (Wildman–Crippen LogP) is 2.77. The summed E-state index contributed by atoms with van der Waals surface area (Å²) in [7, 11) is 0. The smallest absolute Gasteiger partial charge is 0.481 e. The van der Waals surface area contributed by atoms with Gasteiger partial charge in [0, 0.05) is 6.42 Å². The minimum Gasteiger partial charge on any atom is -0.481 e. The van der Waals surface area contributed by atoms with Gasteiger partial charge in [0.15, 0.2) is 0 Å². The first kappa shape index (κ1) is 18.3. The number of carboxylic acids is 1. The molecule has 0 fully saturated rings. The molecule has 1 aromatic rings. The Kier molecular flexibility index (Phi) is 7.38. The summed E-state index contributed by atoms with van der Waals surface area (Å²) in [6, 6.07) is 4.20. The number of carboxylic acid groups (broad SMARTS) is 1. The molecule has 1 aromatic carbocycles. The molecule has 0 spiro atoms. The molecule has 0 aromatic heterocycles. The fraction of sp³-hybridized carbons (Fsp3) is 0.400. The number of benzene rings is 1. The first-order valence-electron chi connectivity index (χ1n) is 7.00. The molecule has 0 aliphatic carbocycles. The van der Waals surface area contributed by atoms with E-state index < -0.39 is 18.3 Å². The molecule has 8 nitrogen and oxygen atoms in total. The molecule has 0 bridgehead atoms. The molecule has 1 rings (SSSR count). The van der Waals surface area contributed by atoms with Crippen molar-refractivity contribution in [3.63, 3.8) is 0 Å². The quantitative estimate of drug-likeness (QED) is 0.602. The van der Waals surface area contributed by atoms with Gasteiger partial charge in [-0.1, -0.05) is 0 Å². The molecule has 0 aliphatic rings. The van der Waals surface area contributed by atoms with Crippen LogP contribution in [-0.4, -0.2) is 36.6 Å². The van der Waals surface area contributed by atoms with E-state index in [-0.39, 0.29) is 37.6 Å². The molecule has 23 heavy (non-hydrogen) atoms. The summed E-state index contributed by atoms with van der Waals surface area (Å²) in [5, 5.41) is 8.78. The van der Waals surface area contributed by atoms with E-state index in [4.69, 9.17) is 14.6 Å². The molecule has 0 saturated heterocycles. The number of carbonyl (C=O) groups is 3. The summed E-state index contributed by atoms with van der Waals surface area (Å²) in [6.45, 7) is 3.57. The molecule has 1 N–H and O–H groups in total. The van der Waals surface area contributed by atoms with E-state index in [0.717, 1.165) is 0 Å². The van der Waals surface area contributed by atoms with Crippen molar-refractivity contribution in [1.82, 2.24) is 0 Å². The molecule has 0 amide bonds. The lowest BCUT2D eigenvalue weighted by molar-refractivity contribution is -0.136. The van der Waals surface area contributed by atoms with Gasteiger partial charge in [-0.2, -0.15) is 0 Å². The van der Waals surface area contributed by atoms with Gasteiger partial charge >= 0.3 is 18.3 Å². The maximum atomic E-state index is 11.4. The van der Waals surface area contributed by atoms with Gasteiger partial charge in [-0.25, -0.2) is 9.59 Å². The molecule has 0 aliphatic heterocycles. The Balaban J connectivity index is 2.92. The SMILES string of the molecule is CCOC(=O)Oc1ccc(OC(=O)OCC)c(CCC(=O)O)c1. The molecule has 8 heteroatoms. The normalized spacial score (nSPS) is 9.83. The van der Waals surface area contributed by atoms with Crippen LogP contribution >= 0.6 is 0 Å². The van der Waals surface area contributed by atoms with E-state index in [1.54, 1.807) is 13.8 Å². The monoisotopic (exact) mass is 326 g/mol. The van der Waals surface area contributed by atoms with Gasteiger partial charge in [0.1, 0.15) is 11.5 Å². The molecular weight excluding hydrogens is 308 g/mol. The maximum absolute atomic E-state index is 11.4. The fourth-order valence-electron chi connectivity index (χ4n) is 1.64. The summed E-state index contributed by atoms with van der Waals surface area (Å²) >= 11 is 0. The summed E-state index contributed by atoms with van der Waals surface area (Å²) in [5.74, 6) is -0.718. The van der Waals surface area contributed by atoms with Gasteiger partial charge in [0.25, 0.3) is 0 Å². The van der Waals surface area contributed by atoms with Crippen molar-refractivity contribution in [2.75, 3.05) is 13.2 Å². The largest absolute Gasteiger partial charge is 0.513 e. The second kappa shape index (κ2) is 9.29. The van der Waals surface area contributed by atoms with Gasteiger partial charge < -0.3 is 24.1 Å². The Morgan fingerprint density at radius 3 is 2.17 bits per heavy atom. The van der Waals surface area contributed by atoms with E-state index in [0.29, 0.717) is 5.56 Å². The molecular formula is C15H18O8. The Labute approximate surface area is 132 Å². The van der Waals surface area contributed by atoms with Crippen LogP contribution in [0.5, 0.6) is 11.5 Å². The second-order valence-electron chi connectivity index (χ2n) is 4.23. The third-order valence-electron chi connectivity index (χ3n) is 2.56. The fourth-order valence-corrected chi connectivity index (χ4v) is 1.64. The van der Waals surface area contributed by atoms with E-state index in [1.165, 1.54) is 18.2 Å². The van der Waals surface area contributed by atoms with E-state index in [1.807, 2.05) is 0 Å². The summed E-state index contributed by atoms with van der Waals surface area (Å²) in [5.41, 5.74) is 0.391. The number of aryl methyl sites for hydroxylation is 1. The first-order valence-corrected chi connectivity index (χ1v) is 7.00. The molecule has 0 heterocycles. The summed E-state index contributed by atoms with van der Waals surface area (Å²) in [4.78, 5) is 33.4. The van der Waals surface area contributed by atoms with Crippen LogP contribution in [0.3, 0.4) is 0 Å². The second-order valence-corrected chi connectivity index (χ2v) is 4.23. The highest BCUT2D eigenvalue weighted by Gasteiger charge is 2.14. The van der Waals surface area contributed by atoms with Crippen LogP contribution in [0.4, 0.5) is 9.59 Å². The van der Waals surface area contributed by atoms with Gasteiger partial charge in [0.2, 0.25) is 0 Å². The Morgan fingerprint density at radius 1 is 1.00 bits per heavy atom. The summed E-state index contributed by atoms with van der Waals surface area (Å²) in [6.07, 6.45) is -1.87. The Hall–Kier alpha value is -2.77. The van der Waals surface area contributed by atoms with Crippen LogP contribution in [0, 0.1) is 0 Å². The van der Waals surface area contributed by atoms with Crippen molar-refractivity contribution in [2.45, 2.75) is 26.7 Å². The number of rotatable bonds is 7. The number of hydrogen-bond acceptors (Lipinski definition) is 7. The van der Waals surface area contributed by atoms with Gasteiger partial charge in [0.05, 0.1) is 13.2 Å². The van der Waals surface area contributed by atoms with Crippen molar-refractivity contribution in [3.8, 4) is 11.5 Å². The zero-order chi connectivity index (χ0) is 17.2. The highest BCUT2D eigenvalue weighted by Crippen LogP contribution is 2.26. The van der Waals surface area contributed by atoms with Crippen molar-refractivity contribution < 1.29 is 38.4 Å². The van der Waals surface area contributed by atoms with Crippen LogP contribution in [-0.2, 0) is 20.7 Å². The zero-order valence-electron chi connectivity index (χ0n) is 12.9. The third-order valence-corrected chi connectivity index (χ3v) is 2.56. The van der Waals surface area contributed by atoms with E-state index in [9.17, 15) is 14.4 Å². The first-order chi connectivity index (χ1) is 11.0. The van der Waals surface area contributed by atoms with Gasteiger partial charge in [-0.05, 0) is 44.0 Å². The molecule has 126 valence electrons. The molecule has 0 unspecified atom stereocenters. The van der Waals surface area contributed by atoms with Gasteiger partial charge in [-0.3, -0.25) is 4.79 Å². The molecule has 0 radical (unpaired) electrons. The van der Waals surface area contributed by atoms with Gasteiger partial charge in [-0.15, -0.1) is 0 Å². The minimum atomic E-state index is -1.01. The molecule has 0 atom stereocenters. The van der Waals surface area contributed by atoms with Crippen molar-refractivity contribution >= 4 is 18.3 Å². The van der Waals surface area contributed by atoms with E-state index in [2.05, 4.69) is 9.47 Å². The van der Waals surface area contributed by atoms with Crippen LogP contribution in [0.2, 0.25) is 0 Å². The number of carbonyl (C=O) groups excluding carboxylic acids is 2. The average molecular weight is 326 g/mol.